The van der Waals surface area contributed by atoms with Gasteiger partial charge in [0.1, 0.15) is 17.6 Å². The van der Waals surface area contributed by atoms with Crippen LogP contribution in [0.3, 0.4) is 0 Å². The first-order chi connectivity index (χ1) is 14.9. The highest BCUT2D eigenvalue weighted by Crippen LogP contribution is 2.70. The number of ether oxygens (including phenoxy) is 1. The summed E-state index contributed by atoms with van der Waals surface area (Å²) in [5.74, 6) is 1.40. The Morgan fingerprint density at radius 3 is 2.39 bits per heavy atom. The highest BCUT2D eigenvalue weighted by atomic mass is 19.1. The molecule has 8 aliphatic rings. The van der Waals surface area contributed by atoms with Crippen LogP contribution in [-0.2, 0) is 4.79 Å². The first kappa shape index (κ1) is 18.5. The number of amides is 1. The minimum Gasteiger partial charge on any atom is -0.493 e. The Morgan fingerprint density at radius 2 is 1.81 bits per heavy atom. The summed E-state index contributed by atoms with van der Waals surface area (Å²) in [6, 6.07) is 2.18. The molecule has 1 N–H and O–H groups in total. The van der Waals surface area contributed by atoms with Crippen LogP contribution in [0.15, 0.2) is 12.1 Å². The van der Waals surface area contributed by atoms with Crippen LogP contribution in [-0.4, -0.2) is 40.6 Å². The normalized spacial score (nSPS) is 41.1. The number of hydrogen-bond donors (Lipinski definition) is 1. The number of fused-ring (bicyclic) bond motifs is 1. The Balaban J connectivity index is 1.17. The molecule has 1 aromatic carbocycles. The van der Waals surface area contributed by atoms with Gasteiger partial charge in [0.25, 0.3) is 5.91 Å². The van der Waals surface area contributed by atoms with Crippen molar-refractivity contribution in [2.24, 2.45) is 29.1 Å². The molecule has 1 amide bonds. The van der Waals surface area contributed by atoms with Crippen LogP contribution < -0.4 is 4.74 Å². The number of nitrogens with zero attached hydrogens (tertiary/aromatic N) is 1. The summed E-state index contributed by atoms with van der Waals surface area (Å²) in [6.07, 6.45) is 8.68. The first-order valence-electron chi connectivity index (χ1n) is 12.0. The molecule has 31 heavy (non-hydrogen) atoms. The second kappa shape index (κ2) is 6.02. The van der Waals surface area contributed by atoms with Crippen LogP contribution in [0.5, 0.6) is 5.75 Å². The zero-order valence-electron chi connectivity index (χ0n) is 17.6. The standard InChI is InChI=1S/C25H28FNO4/c26-20-8-21(31-11-25-9-14-3-16(25)4-15(14)10-25)18(12-1-2-12)7-19(20)23(28)27-17-5-13(6-17)22(27)24(29)30/h7-8,12-17,22H,1-6,9-11H2,(H,29,30)/t13?,14?,15?,16?,17?,22-,25?/m0/s1. The van der Waals surface area contributed by atoms with Gasteiger partial charge in [-0.25, -0.2) is 9.18 Å². The lowest BCUT2D eigenvalue weighted by atomic mass is 9.82. The van der Waals surface area contributed by atoms with Gasteiger partial charge in [-0.15, -0.1) is 0 Å². The molecule has 0 spiro atoms. The largest absolute Gasteiger partial charge is 0.493 e. The fourth-order valence-electron chi connectivity index (χ4n) is 8.03. The molecule has 0 radical (unpaired) electrons. The van der Waals surface area contributed by atoms with Crippen LogP contribution in [0.2, 0.25) is 0 Å². The second-order valence-electron chi connectivity index (χ2n) is 11.3. The van der Waals surface area contributed by atoms with Crippen molar-refractivity contribution in [1.82, 2.24) is 4.90 Å². The third-order valence-corrected chi connectivity index (χ3v) is 9.68. The second-order valence-corrected chi connectivity index (χ2v) is 11.3. The molecule has 164 valence electrons. The lowest BCUT2D eigenvalue weighted by Crippen LogP contribution is -2.41. The van der Waals surface area contributed by atoms with E-state index in [1.807, 2.05) is 0 Å². The number of hydrogen-bond acceptors (Lipinski definition) is 3. The van der Waals surface area contributed by atoms with Crippen molar-refractivity contribution in [1.29, 1.82) is 0 Å². The number of carboxylic acids is 1. The SMILES string of the molecule is O=C(O)[C@@H]1C2CC(C2)N1C(=O)c1cc(C2CC2)c(OCC23CC4CC2CC4C3)cc1F. The number of aliphatic carboxylic acids is 1. The topological polar surface area (TPSA) is 66.8 Å². The van der Waals surface area contributed by atoms with Crippen LogP contribution in [0.1, 0.15) is 73.2 Å². The Morgan fingerprint density at radius 1 is 1.10 bits per heavy atom. The van der Waals surface area contributed by atoms with Gasteiger partial charge in [-0.05, 0) is 92.6 Å². The predicted octanol–water partition coefficient (Wildman–Crippen LogP) is 4.21. The van der Waals surface area contributed by atoms with E-state index in [2.05, 4.69) is 0 Å². The average Bonchev–Trinajstić information content (AvgIpc) is 3.10. The summed E-state index contributed by atoms with van der Waals surface area (Å²) >= 11 is 0. The molecule has 6 saturated carbocycles. The Hall–Kier alpha value is -2.11. The zero-order chi connectivity index (χ0) is 21.1. The van der Waals surface area contributed by atoms with Gasteiger partial charge in [0.05, 0.1) is 12.2 Å². The molecule has 9 rings (SSSR count). The minimum atomic E-state index is -0.981. The maximum absolute atomic E-state index is 15.2. The average molecular weight is 426 g/mol. The summed E-state index contributed by atoms with van der Waals surface area (Å²) in [7, 11) is 0. The van der Waals surface area contributed by atoms with Gasteiger partial charge in [-0.1, -0.05) is 0 Å². The molecule has 2 saturated heterocycles. The fourth-order valence-corrected chi connectivity index (χ4v) is 8.03. The molecule has 6 heteroatoms. The Bertz CT molecular complexity index is 983. The molecule has 1 aromatic rings. The van der Waals surface area contributed by atoms with E-state index in [9.17, 15) is 14.7 Å². The third kappa shape index (κ3) is 2.48. The van der Waals surface area contributed by atoms with Crippen molar-refractivity contribution in [2.45, 2.75) is 69.4 Å². The summed E-state index contributed by atoms with van der Waals surface area (Å²) < 4.78 is 21.5. The molecule has 2 heterocycles. The van der Waals surface area contributed by atoms with E-state index >= 15 is 4.39 Å². The zero-order valence-corrected chi connectivity index (χ0v) is 17.6. The van der Waals surface area contributed by atoms with Gasteiger partial charge in [0.15, 0.2) is 0 Å². The summed E-state index contributed by atoms with van der Waals surface area (Å²) in [5.41, 5.74) is 1.22. The van der Waals surface area contributed by atoms with Crippen molar-refractivity contribution in [3.63, 3.8) is 0 Å². The smallest absolute Gasteiger partial charge is 0.326 e. The summed E-state index contributed by atoms with van der Waals surface area (Å²) in [5, 5.41) is 9.58. The van der Waals surface area contributed by atoms with E-state index in [0.717, 1.165) is 36.2 Å². The number of carbonyl (C=O) groups is 2. The highest BCUT2D eigenvalue weighted by molar-refractivity contribution is 5.98. The molecular weight excluding hydrogens is 397 g/mol. The lowest BCUT2D eigenvalue weighted by Gasteiger charge is -2.29. The molecule has 5 nitrogen and oxygen atoms in total. The molecule has 8 fully saturated rings. The number of carbonyl (C=O) groups excluding carboxylic acids is 1. The van der Waals surface area contributed by atoms with Crippen LogP contribution >= 0.6 is 0 Å². The molecule has 3 atom stereocenters. The molecule has 2 aliphatic heterocycles. The van der Waals surface area contributed by atoms with E-state index < -0.39 is 23.7 Å². The van der Waals surface area contributed by atoms with Gasteiger partial charge in [0, 0.05) is 17.5 Å². The van der Waals surface area contributed by atoms with Gasteiger partial charge >= 0.3 is 5.97 Å². The van der Waals surface area contributed by atoms with Crippen molar-refractivity contribution < 1.29 is 23.8 Å². The molecule has 6 bridgehead atoms. The van der Waals surface area contributed by atoms with E-state index in [4.69, 9.17) is 4.74 Å². The van der Waals surface area contributed by atoms with Crippen molar-refractivity contribution in [3.8, 4) is 5.75 Å². The van der Waals surface area contributed by atoms with Crippen LogP contribution in [0.25, 0.3) is 0 Å². The highest BCUT2D eigenvalue weighted by Gasteiger charge is 2.63. The van der Waals surface area contributed by atoms with E-state index in [1.54, 1.807) is 6.07 Å². The fraction of sp³-hybridized carbons (Fsp3) is 0.680. The predicted molar refractivity (Wildman–Crippen MR) is 109 cm³/mol. The quantitative estimate of drug-likeness (QED) is 0.742. The van der Waals surface area contributed by atoms with Gasteiger partial charge in [-0.3, -0.25) is 4.79 Å². The maximum Gasteiger partial charge on any atom is 0.326 e. The summed E-state index contributed by atoms with van der Waals surface area (Å²) in [6.45, 7) is 0.661. The monoisotopic (exact) mass is 425 g/mol. The minimum absolute atomic E-state index is 0.00664. The number of carboxylic acid groups (broad SMARTS) is 1. The van der Waals surface area contributed by atoms with Gasteiger partial charge < -0.3 is 14.7 Å². The van der Waals surface area contributed by atoms with Crippen LogP contribution in [0, 0.1) is 34.9 Å². The molecule has 0 aromatic heterocycles. The van der Waals surface area contributed by atoms with E-state index in [0.29, 0.717) is 31.1 Å². The number of benzene rings is 1. The van der Waals surface area contributed by atoms with Gasteiger partial charge in [-0.2, -0.15) is 0 Å². The van der Waals surface area contributed by atoms with E-state index in [-0.39, 0.29) is 22.9 Å². The first-order valence-corrected chi connectivity index (χ1v) is 12.0. The maximum atomic E-state index is 15.2. The Kier molecular flexibility index (Phi) is 3.58. The molecule has 2 unspecified atom stereocenters. The molecule has 6 aliphatic carbocycles. The Labute approximate surface area is 180 Å². The van der Waals surface area contributed by atoms with Crippen molar-refractivity contribution >= 4 is 11.9 Å². The number of rotatable bonds is 6. The lowest BCUT2D eigenvalue weighted by molar-refractivity contribution is -0.141. The third-order valence-electron chi connectivity index (χ3n) is 9.68. The van der Waals surface area contributed by atoms with E-state index in [1.165, 1.54) is 36.6 Å². The van der Waals surface area contributed by atoms with Crippen molar-refractivity contribution in [2.75, 3.05) is 6.61 Å². The summed E-state index contributed by atoms with van der Waals surface area (Å²) in [4.78, 5) is 26.4. The molecular formula is C25H28FNO4. The number of halogens is 1. The van der Waals surface area contributed by atoms with Gasteiger partial charge in [0.2, 0.25) is 0 Å². The van der Waals surface area contributed by atoms with Crippen LogP contribution in [0.4, 0.5) is 4.39 Å². The van der Waals surface area contributed by atoms with Crippen molar-refractivity contribution in [3.05, 3.63) is 29.1 Å².